The molecule has 1 aliphatic carbocycles. The third-order valence-electron chi connectivity index (χ3n) is 6.23. The van der Waals surface area contributed by atoms with Crippen LogP contribution < -0.4 is 15.5 Å². The van der Waals surface area contributed by atoms with Crippen LogP contribution in [-0.2, 0) is 16.0 Å². The molecule has 0 radical (unpaired) electrons. The average Bonchev–Trinajstić information content (AvgIpc) is 3.17. The van der Waals surface area contributed by atoms with E-state index in [1.54, 1.807) is 0 Å². The lowest BCUT2D eigenvalue weighted by atomic mass is 10.1. The minimum atomic E-state index is -0.495. The van der Waals surface area contributed by atoms with Crippen molar-refractivity contribution >= 4 is 17.5 Å². The van der Waals surface area contributed by atoms with E-state index in [0.29, 0.717) is 6.54 Å². The van der Waals surface area contributed by atoms with Gasteiger partial charge in [0.25, 0.3) is 0 Å². The van der Waals surface area contributed by atoms with Crippen LogP contribution in [0.5, 0.6) is 0 Å². The van der Waals surface area contributed by atoms with E-state index >= 15 is 0 Å². The van der Waals surface area contributed by atoms with Gasteiger partial charge in [0.1, 0.15) is 0 Å². The van der Waals surface area contributed by atoms with Crippen molar-refractivity contribution in [3.8, 4) is 0 Å². The first-order chi connectivity index (χ1) is 14.2. The van der Waals surface area contributed by atoms with Gasteiger partial charge in [0.15, 0.2) is 0 Å². The summed E-state index contributed by atoms with van der Waals surface area (Å²) in [6.45, 7) is 2.85. The lowest BCUT2D eigenvalue weighted by Gasteiger charge is -2.22. The van der Waals surface area contributed by atoms with Gasteiger partial charge in [-0.2, -0.15) is 0 Å². The number of rotatable bonds is 6. The second-order valence-corrected chi connectivity index (χ2v) is 8.59. The lowest BCUT2D eigenvalue weighted by molar-refractivity contribution is -0.139. The molecule has 2 aliphatic rings. The molecule has 0 atom stereocenters. The largest absolute Gasteiger partial charge is 0.372 e. The van der Waals surface area contributed by atoms with Crippen molar-refractivity contribution in [1.29, 1.82) is 0 Å². The number of carbonyl (C=O) groups is 2. The zero-order chi connectivity index (χ0) is 20.3. The van der Waals surface area contributed by atoms with Crippen LogP contribution in [0.3, 0.4) is 0 Å². The molecule has 0 spiro atoms. The van der Waals surface area contributed by atoms with E-state index in [4.69, 9.17) is 0 Å². The molecule has 1 aromatic rings. The van der Waals surface area contributed by atoms with Gasteiger partial charge in [0.2, 0.25) is 0 Å². The van der Waals surface area contributed by atoms with Crippen LogP contribution in [0, 0.1) is 0 Å². The third-order valence-corrected chi connectivity index (χ3v) is 6.23. The fourth-order valence-corrected chi connectivity index (χ4v) is 4.45. The summed E-state index contributed by atoms with van der Waals surface area (Å²) >= 11 is 0. The Bertz CT molecular complexity index is 628. The van der Waals surface area contributed by atoms with Crippen LogP contribution in [0.25, 0.3) is 0 Å². The number of nitrogens with zero attached hydrogens (tertiary/aromatic N) is 1. The van der Waals surface area contributed by atoms with E-state index < -0.39 is 11.8 Å². The standard InChI is InChI=1S/C24H37N3O2/c28-23(24(29)26-21-11-5-1-2-6-12-21)25-17-9-10-20-13-15-22(16-14-20)27-18-7-3-4-8-19-27/h13-16,21H,1-12,17-19H2,(H,25,28)(H,26,29). The Morgan fingerprint density at radius 3 is 2.10 bits per heavy atom. The maximum absolute atomic E-state index is 12.1. The van der Waals surface area contributed by atoms with Crippen LogP contribution in [0.1, 0.15) is 76.2 Å². The van der Waals surface area contributed by atoms with E-state index in [0.717, 1.165) is 51.6 Å². The van der Waals surface area contributed by atoms with Crippen LogP contribution >= 0.6 is 0 Å². The SMILES string of the molecule is O=C(NCCCc1ccc(N2CCCCCC2)cc1)C(=O)NC1CCCCCC1. The number of hydrogen-bond acceptors (Lipinski definition) is 3. The Morgan fingerprint density at radius 1 is 0.828 bits per heavy atom. The van der Waals surface area contributed by atoms with E-state index in [2.05, 4.69) is 39.8 Å². The van der Waals surface area contributed by atoms with E-state index in [-0.39, 0.29) is 6.04 Å². The molecule has 1 saturated heterocycles. The monoisotopic (exact) mass is 399 g/mol. The van der Waals surface area contributed by atoms with E-state index in [1.165, 1.54) is 49.8 Å². The number of aryl methyl sites for hydroxylation is 1. The molecule has 5 heteroatoms. The molecule has 1 saturated carbocycles. The summed E-state index contributed by atoms with van der Waals surface area (Å²) in [5.41, 5.74) is 2.60. The van der Waals surface area contributed by atoms with Gasteiger partial charge < -0.3 is 15.5 Å². The summed E-state index contributed by atoms with van der Waals surface area (Å²) in [7, 11) is 0. The number of carbonyl (C=O) groups excluding carboxylic acids is 2. The van der Waals surface area contributed by atoms with Gasteiger partial charge >= 0.3 is 11.8 Å². The molecule has 1 aromatic carbocycles. The predicted octanol–water partition coefficient (Wildman–Crippen LogP) is 3.95. The molecule has 5 nitrogen and oxygen atoms in total. The number of hydrogen-bond donors (Lipinski definition) is 2. The van der Waals surface area contributed by atoms with Crippen LogP contribution in [0.15, 0.2) is 24.3 Å². The fourth-order valence-electron chi connectivity index (χ4n) is 4.45. The lowest BCUT2D eigenvalue weighted by Crippen LogP contribution is -2.44. The minimum Gasteiger partial charge on any atom is -0.372 e. The molecule has 0 bridgehead atoms. The second kappa shape index (κ2) is 11.8. The van der Waals surface area contributed by atoms with Crippen molar-refractivity contribution in [2.75, 3.05) is 24.5 Å². The molecule has 2 fully saturated rings. The molecule has 3 rings (SSSR count). The third kappa shape index (κ3) is 7.37. The highest BCUT2D eigenvalue weighted by atomic mass is 16.2. The Kier molecular flexibility index (Phi) is 8.84. The Balaban J connectivity index is 1.34. The van der Waals surface area contributed by atoms with Gasteiger partial charge in [-0.15, -0.1) is 0 Å². The smallest absolute Gasteiger partial charge is 0.309 e. The molecular weight excluding hydrogens is 362 g/mol. The van der Waals surface area contributed by atoms with E-state index in [9.17, 15) is 9.59 Å². The summed E-state index contributed by atoms with van der Waals surface area (Å²) in [6.07, 6.45) is 13.8. The maximum Gasteiger partial charge on any atom is 0.309 e. The van der Waals surface area contributed by atoms with Crippen molar-refractivity contribution in [3.63, 3.8) is 0 Å². The molecule has 29 heavy (non-hydrogen) atoms. The number of anilines is 1. The quantitative estimate of drug-likeness (QED) is 0.432. The van der Waals surface area contributed by atoms with Gasteiger partial charge in [0, 0.05) is 31.4 Å². The highest BCUT2D eigenvalue weighted by Gasteiger charge is 2.19. The Labute approximate surface area is 175 Å². The van der Waals surface area contributed by atoms with Crippen LogP contribution in [0.2, 0.25) is 0 Å². The molecule has 1 heterocycles. The van der Waals surface area contributed by atoms with Crippen molar-refractivity contribution in [3.05, 3.63) is 29.8 Å². The summed E-state index contributed by atoms with van der Waals surface area (Å²) in [5, 5.41) is 5.67. The summed E-state index contributed by atoms with van der Waals surface area (Å²) in [5.74, 6) is -0.968. The van der Waals surface area contributed by atoms with Gasteiger partial charge in [0.05, 0.1) is 0 Å². The van der Waals surface area contributed by atoms with Gasteiger partial charge in [-0.25, -0.2) is 0 Å². The molecular formula is C24H37N3O2. The van der Waals surface area contributed by atoms with Gasteiger partial charge in [-0.1, -0.05) is 50.7 Å². The molecule has 2 N–H and O–H groups in total. The molecule has 0 unspecified atom stereocenters. The first-order valence-electron chi connectivity index (χ1n) is 11.6. The van der Waals surface area contributed by atoms with Gasteiger partial charge in [-0.3, -0.25) is 9.59 Å². The van der Waals surface area contributed by atoms with Crippen molar-refractivity contribution in [2.24, 2.45) is 0 Å². The zero-order valence-electron chi connectivity index (χ0n) is 17.8. The first kappa shape index (κ1) is 21.7. The topological polar surface area (TPSA) is 61.4 Å². The maximum atomic E-state index is 12.1. The van der Waals surface area contributed by atoms with Crippen molar-refractivity contribution in [2.45, 2.75) is 83.1 Å². The van der Waals surface area contributed by atoms with Crippen LogP contribution in [0.4, 0.5) is 5.69 Å². The highest BCUT2D eigenvalue weighted by Crippen LogP contribution is 2.20. The first-order valence-corrected chi connectivity index (χ1v) is 11.6. The van der Waals surface area contributed by atoms with Gasteiger partial charge in [-0.05, 0) is 56.2 Å². The molecule has 2 amide bonds. The average molecular weight is 400 g/mol. The summed E-state index contributed by atoms with van der Waals surface area (Å²) < 4.78 is 0. The highest BCUT2D eigenvalue weighted by molar-refractivity contribution is 6.35. The number of amides is 2. The van der Waals surface area contributed by atoms with Crippen molar-refractivity contribution < 1.29 is 9.59 Å². The summed E-state index contributed by atoms with van der Waals surface area (Å²) in [6, 6.07) is 9.00. The Hall–Kier alpha value is -2.04. The second-order valence-electron chi connectivity index (χ2n) is 8.59. The number of benzene rings is 1. The Morgan fingerprint density at radius 2 is 1.45 bits per heavy atom. The zero-order valence-corrected chi connectivity index (χ0v) is 17.8. The van der Waals surface area contributed by atoms with Crippen molar-refractivity contribution in [1.82, 2.24) is 10.6 Å². The minimum absolute atomic E-state index is 0.165. The van der Waals surface area contributed by atoms with E-state index in [1.807, 2.05) is 0 Å². The fraction of sp³-hybridized carbons (Fsp3) is 0.667. The predicted molar refractivity (Wildman–Crippen MR) is 118 cm³/mol. The number of nitrogens with one attached hydrogen (secondary N) is 2. The normalized spacial score (nSPS) is 18.6. The molecule has 0 aromatic heterocycles. The summed E-state index contributed by atoms with van der Waals surface area (Å²) in [4.78, 5) is 26.6. The molecule has 1 aliphatic heterocycles. The molecule has 160 valence electrons. The van der Waals surface area contributed by atoms with Crippen LogP contribution in [-0.4, -0.2) is 37.5 Å².